The number of ether oxygens (including phenoxy) is 3. The van der Waals surface area contributed by atoms with Crippen LogP contribution in [0.2, 0.25) is 0 Å². The van der Waals surface area contributed by atoms with Crippen LogP contribution in [-0.2, 0) is 6.54 Å². The highest BCUT2D eigenvalue weighted by Crippen LogP contribution is 2.39. The van der Waals surface area contributed by atoms with E-state index in [1.54, 1.807) is 38.0 Å². The van der Waals surface area contributed by atoms with E-state index < -0.39 is 11.9 Å². The standard InChI is InChI=1S/C28H26FN5O3/c1-35-26-7-6-21(14-31-26)25-16-36-24-11-20(9-22(29)27(24)37-25)15-34-17-33-23-10-19(13-32-28(23)34)5-4-18-3-2-8-30-12-18/h6-7,9-11,13-14,17-18,25,30H,2-3,8,12,15-16H2,1H3. The number of imidazole rings is 1. The topological polar surface area (TPSA) is 83.3 Å². The molecule has 188 valence electrons. The van der Waals surface area contributed by atoms with Gasteiger partial charge in [0, 0.05) is 42.0 Å². The predicted molar refractivity (Wildman–Crippen MR) is 135 cm³/mol. The molecule has 0 spiro atoms. The SMILES string of the molecule is COc1ccc(C2COc3cc(Cn4cnc5cc(C#CC6CCCNC6)cnc54)cc(F)c3O2)cn1. The summed E-state index contributed by atoms with van der Waals surface area (Å²) < 4.78 is 33.9. The van der Waals surface area contributed by atoms with Crippen LogP contribution in [-0.4, -0.2) is 46.3 Å². The third-order valence-corrected chi connectivity index (χ3v) is 6.59. The summed E-state index contributed by atoms with van der Waals surface area (Å²) >= 11 is 0. The van der Waals surface area contributed by atoms with E-state index in [0.29, 0.717) is 29.7 Å². The fourth-order valence-corrected chi connectivity index (χ4v) is 4.63. The maximum atomic E-state index is 15.1. The van der Waals surface area contributed by atoms with Crippen LogP contribution in [0.5, 0.6) is 17.4 Å². The van der Waals surface area contributed by atoms with Gasteiger partial charge in [0.25, 0.3) is 0 Å². The molecule has 0 bridgehead atoms. The van der Waals surface area contributed by atoms with Crippen LogP contribution in [0.1, 0.15) is 35.6 Å². The molecule has 4 aromatic rings. The zero-order chi connectivity index (χ0) is 25.2. The maximum Gasteiger partial charge on any atom is 0.212 e. The molecule has 9 heteroatoms. The lowest BCUT2D eigenvalue weighted by Crippen LogP contribution is -2.28. The number of aromatic nitrogens is 4. The van der Waals surface area contributed by atoms with Crippen LogP contribution in [0, 0.1) is 23.6 Å². The number of pyridine rings is 2. The van der Waals surface area contributed by atoms with Crippen LogP contribution < -0.4 is 19.5 Å². The van der Waals surface area contributed by atoms with Gasteiger partial charge in [-0.15, -0.1) is 0 Å². The summed E-state index contributed by atoms with van der Waals surface area (Å²) in [5.41, 5.74) is 3.81. The van der Waals surface area contributed by atoms with Gasteiger partial charge in [-0.1, -0.05) is 11.8 Å². The quantitative estimate of drug-likeness (QED) is 0.427. The van der Waals surface area contributed by atoms with E-state index in [0.717, 1.165) is 48.1 Å². The number of fused-ring (bicyclic) bond motifs is 2. The Morgan fingerprint density at radius 2 is 2.14 bits per heavy atom. The fraction of sp³-hybridized carbons (Fsp3) is 0.321. The monoisotopic (exact) mass is 499 g/mol. The van der Waals surface area contributed by atoms with Gasteiger partial charge in [-0.05, 0) is 49.2 Å². The third kappa shape index (κ3) is 4.93. The largest absolute Gasteiger partial charge is 0.485 e. The lowest BCUT2D eigenvalue weighted by molar-refractivity contribution is 0.0853. The van der Waals surface area contributed by atoms with Crippen molar-refractivity contribution in [1.29, 1.82) is 0 Å². The van der Waals surface area contributed by atoms with Gasteiger partial charge in [0.1, 0.15) is 12.1 Å². The average Bonchev–Trinajstić information content (AvgIpc) is 3.34. The first kappa shape index (κ1) is 23.3. The number of hydrogen-bond donors (Lipinski definition) is 1. The second-order valence-corrected chi connectivity index (χ2v) is 9.21. The molecule has 2 unspecified atom stereocenters. The number of halogens is 1. The highest BCUT2D eigenvalue weighted by Gasteiger charge is 2.26. The second-order valence-electron chi connectivity index (χ2n) is 9.21. The summed E-state index contributed by atoms with van der Waals surface area (Å²) in [5.74, 6) is 7.44. The number of methoxy groups -OCH3 is 1. The number of benzene rings is 1. The van der Waals surface area contributed by atoms with E-state index in [1.165, 1.54) is 6.07 Å². The molecule has 2 aliphatic heterocycles. The molecular formula is C28H26FN5O3. The smallest absolute Gasteiger partial charge is 0.212 e. The molecule has 5 heterocycles. The van der Waals surface area contributed by atoms with Crippen LogP contribution in [0.15, 0.2) is 49.1 Å². The molecule has 0 aliphatic carbocycles. The van der Waals surface area contributed by atoms with Crippen molar-refractivity contribution in [3.63, 3.8) is 0 Å². The molecule has 1 fully saturated rings. The Bertz CT molecular complexity index is 1490. The van der Waals surface area contributed by atoms with Gasteiger partial charge in [-0.25, -0.2) is 19.3 Å². The molecule has 8 nitrogen and oxygen atoms in total. The van der Waals surface area contributed by atoms with Crippen LogP contribution >= 0.6 is 0 Å². The highest BCUT2D eigenvalue weighted by atomic mass is 19.1. The van der Waals surface area contributed by atoms with Crippen LogP contribution in [0.4, 0.5) is 4.39 Å². The van der Waals surface area contributed by atoms with Crippen molar-refractivity contribution in [3.8, 4) is 29.2 Å². The Kier molecular flexibility index (Phi) is 6.33. The Labute approximate surface area is 213 Å². The number of hydrogen-bond acceptors (Lipinski definition) is 7. The minimum Gasteiger partial charge on any atom is -0.485 e. The predicted octanol–water partition coefficient (Wildman–Crippen LogP) is 3.89. The maximum absolute atomic E-state index is 15.1. The minimum atomic E-state index is -0.481. The summed E-state index contributed by atoms with van der Waals surface area (Å²) in [7, 11) is 1.55. The summed E-state index contributed by atoms with van der Waals surface area (Å²) in [6.45, 7) is 2.64. The lowest BCUT2D eigenvalue weighted by Gasteiger charge is -2.27. The highest BCUT2D eigenvalue weighted by molar-refractivity contribution is 5.72. The summed E-state index contributed by atoms with van der Waals surface area (Å²) in [6, 6.07) is 8.77. The normalized spacial score (nSPS) is 18.8. The van der Waals surface area contributed by atoms with Gasteiger partial charge < -0.3 is 24.1 Å². The van der Waals surface area contributed by atoms with Gasteiger partial charge in [-0.2, -0.15) is 0 Å². The first-order valence-corrected chi connectivity index (χ1v) is 12.3. The molecule has 3 aromatic heterocycles. The van der Waals surface area contributed by atoms with Gasteiger partial charge in [0.2, 0.25) is 5.88 Å². The van der Waals surface area contributed by atoms with Gasteiger partial charge in [-0.3, -0.25) is 0 Å². The van der Waals surface area contributed by atoms with Crippen molar-refractivity contribution in [2.75, 3.05) is 26.8 Å². The number of nitrogens with zero attached hydrogens (tertiary/aromatic N) is 4. The van der Waals surface area contributed by atoms with Crippen LogP contribution in [0.25, 0.3) is 11.2 Å². The Morgan fingerprint density at radius 3 is 2.95 bits per heavy atom. The van der Waals surface area contributed by atoms with E-state index >= 15 is 4.39 Å². The molecule has 37 heavy (non-hydrogen) atoms. The Morgan fingerprint density at radius 1 is 1.19 bits per heavy atom. The minimum absolute atomic E-state index is 0.0980. The Hall–Kier alpha value is -4.16. The van der Waals surface area contributed by atoms with Crippen molar-refractivity contribution >= 4 is 11.2 Å². The van der Waals surface area contributed by atoms with E-state index in [1.807, 2.05) is 16.7 Å². The number of nitrogens with one attached hydrogen (secondary N) is 1. The summed E-state index contributed by atoms with van der Waals surface area (Å²) in [6.07, 6.45) is 6.94. The fourth-order valence-electron chi connectivity index (χ4n) is 4.63. The molecule has 1 saturated heterocycles. The summed E-state index contributed by atoms with van der Waals surface area (Å²) in [4.78, 5) is 13.3. The second kappa shape index (κ2) is 10.1. The molecule has 2 aliphatic rings. The zero-order valence-electron chi connectivity index (χ0n) is 20.4. The van der Waals surface area contributed by atoms with Crippen molar-refractivity contribution in [1.82, 2.24) is 24.8 Å². The molecule has 2 atom stereocenters. The number of rotatable bonds is 4. The average molecular weight is 500 g/mol. The summed E-state index contributed by atoms with van der Waals surface area (Å²) in [5, 5.41) is 3.38. The van der Waals surface area contributed by atoms with Crippen molar-refractivity contribution in [2.45, 2.75) is 25.5 Å². The zero-order valence-corrected chi connectivity index (χ0v) is 20.4. The molecular weight excluding hydrogens is 473 g/mol. The number of piperidine rings is 1. The van der Waals surface area contributed by atoms with E-state index in [4.69, 9.17) is 14.2 Å². The molecule has 0 radical (unpaired) electrons. The first-order chi connectivity index (χ1) is 18.2. The van der Waals surface area contributed by atoms with Crippen molar-refractivity contribution in [2.24, 2.45) is 5.92 Å². The lowest BCUT2D eigenvalue weighted by atomic mass is 10.00. The van der Waals surface area contributed by atoms with E-state index in [9.17, 15) is 0 Å². The van der Waals surface area contributed by atoms with Crippen molar-refractivity contribution in [3.05, 3.63) is 71.6 Å². The van der Waals surface area contributed by atoms with Gasteiger partial charge in [0.15, 0.2) is 29.1 Å². The van der Waals surface area contributed by atoms with Gasteiger partial charge >= 0.3 is 0 Å². The molecule has 0 amide bonds. The third-order valence-electron chi connectivity index (χ3n) is 6.59. The van der Waals surface area contributed by atoms with Crippen LogP contribution in [0.3, 0.4) is 0 Å². The van der Waals surface area contributed by atoms with E-state index in [-0.39, 0.29) is 12.4 Å². The Balaban J connectivity index is 1.18. The first-order valence-electron chi connectivity index (χ1n) is 12.3. The van der Waals surface area contributed by atoms with E-state index in [2.05, 4.69) is 32.1 Å². The van der Waals surface area contributed by atoms with Gasteiger partial charge in [0.05, 0.1) is 20.0 Å². The molecule has 1 aromatic carbocycles. The van der Waals surface area contributed by atoms with Crippen molar-refractivity contribution < 1.29 is 18.6 Å². The molecule has 0 saturated carbocycles. The molecule has 6 rings (SSSR count). The molecule has 1 N–H and O–H groups in total.